The number of hydrogen-bond acceptors (Lipinski definition) is 1. The highest BCUT2D eigenvalue weighted by atomic mass is 16.1. The molecule has 16 heavy (non-hydrogen) atoms. The van der Waals surface area contributed by atoms with Crippen molar-refractivity contribution in [2.24, 2.45) is 0 Å². The van der Waals surface area contributed by atoms with Crippen molar-refractivity contribution in [3.8, 4) is 0 Å². The van der Waals surface area contributed by atoms with Gasteiger partial charge < -0.3 is 0 Å². The Hall–Kier alpha value is -1.37. The molecule has 0 aromatic heterocycles. The van der Waals surface area contributed by atoms with Crippen molar-refractivity contribution in [2.75, 3.05) is 0 Å². The van der Waals surface area contributed by atoms with E-state index in [0.717, 1.165) is 38.5 Å². The highest BCUT2D eigenvalue weighted by molar-refractivity contribution is 5.99. The lowest BCUT2D eigenvalue weighted by atomic mass is 10.2. The van der Waals surface area contributed by atoms with Crippen LogP contribution in [0.5, 0.6) is 0 Å². The first-order valence-corrected chi connectivity index (χ1v) is 6.06. The smallest absolute Gasteiger partial charge is 0.177 e. The molecule has 0 saturated heterocycles. The van der Waals surface area contributed by atoms with E-state index >= 15 is 0 Å². The van der Waals surface area contributed by atoms with Crippen molar-refractivity contribution >= 4 is 5.78 Å². The standard InChI is InChI=1S/C15H20O/c16-15-13-11-9-7-5-3-1-2-4-6-8-10-12-14-15/h3-6,11-14H,1-2,7-10H2. The van der Waals surface area contributed by atoms with Crippen LogP contribution in [0.2, 0.25) is 0 Å². The Balaban J connectivity index is 2.46. The van der Waals surface area contributed by atoms with Crippen LogP contribution in [0.4, 0.5) is 0 Å². The Morgan fingerprint density at radius 1 is 0.562 bits per heavy atom. The third-order valence-electron chi connectivity index (χ3n) is 2.40. The summed E-state index contributed by atoms with van der Waals surface area (Å²) < 4.78 is 0. The van der Waals surface area contributed by atoms with E-state index in [1.807, 2.05) is 12.2 Å². The maximum absolute atomic E-state index is 11.3. The number of carbonyl (C=O) groups excluding carboxylic acids is 1. The molecule has 0 aliphatic heterocycles. The number of hydrogen-bond donors (Lipinski definition) is 0. The molecular weight excluding hydrogens is 196 g/mol. The van der Waals surface area contributed by atoms with Gasteiger partial charge in [-0.05, 0) is 50.7 Å². The maximum atomic E-state index is 11.3. The Kier molecular flexibility index (Phi) is 7.06. The molecule has 1 aliphatic rings. The highest BCUT2D eigenvalue weighted by Crippen LogP contribution is 2.01. The van der Waals surface area contributed by atoms with Crippen LogP contribution >= 0.6 is 0 Å². The first-order chi connectivity index (χ1) is 7.89. The molecule has 0 aromatic rings. The Morgan fingerprint density at radius 2 is 0.875 bits per heavy atom. The molecule has 1 rings (SSSR count). The average Bonchev–Trinajstić information content (AvgIpc) is 2.29. The zero-order valence-corrected chi connectivity index (χ0v) is 9.77. The lowest BCUT2D eigenvalue weighted by Crippen LogP contribution is -1.84. The van der Waals surface area contributed by atoms with Gasteiger partial charge in [0.15, 0.2) is 5.78 Å². The summed E-state index contributed by atoms with van der Waals surface area (Å²) in [5.41, 5.74) is 0. The van der Waals surface area contributed by atoms with Gasteiger partial charge in [-0.15, -0.1) is 0 Å². The van der Waals surface area contributed by atoms with Crippen LogP contribution in [0.25, 0.3) is 0 Å². The molecule has 1 nitrogen and oxygen atoms in total. The van der Waals surface area contributed by atoms with Crippen LogP contribution in [0.3, 0.4) is 0 Å². The Morgan fingerprint density at radius 3 is 1.25 bits per heavy atom. The van der Waals surface area contributed by atoms with E-state index in [1.54, 1.807) is 12.2 Å². The molecule has 0 heterocycles. The third kappa shape index (κ3) is 6.99. The van der Waals surface area contributed by atoms with Gasteiger partial charge in [0.1, 0.15) is 0 Å². The van der Waals surface area contributed by atoms with Crippen LogP contribution < -0.4 is 0 Å². The lowest BCUT2D eigenvalue weighted by Gasteiger charge is -1.88. The van der Waals surface area contributed by atoms with Crippen molar-refractivity contribution in [1.29, 1.82) is 0 Å². The normalized spacial score (nSPS) is 19.4. The summed E-state index contributed by atoms with van der Waals surface area (Å²) in [6.07, 6.45) is 22.3. The fraction of sp³-hybridized carbons (Fsp3) is 0.400. The minimum absolute atomic E-state index is 0.0998. The number of rotatable bonds is 0. The van der Waals surface area contributed by atoms with Gasteiger partial charge in [-0.3, -0.25) is 4.79 Å². The van der Waals surface area contributed by atoms with E-state index in [0.29, 0.717) is 0 Å². The summed E-state index contributed by atoms with van der Waals surface area (Å²) in [5.74, 6) is 0.0998. The van der Waals surface area contributed by atoms with Gasteiger partial charge in [0.25, 0.3) is 0 Å². The van der Waals surface area contributed by atoms with Gasteiger partial charge >= 0.3 is 0 Å². The van der Waals surface area contributed by atoms with E-state index in [1.165, 1.54) is 0 Å². The summed E-state index contributed by atoms with van der Waals surface area (Å²) in [7, 11) is 0. The molecule has 1 heteroatoms. The van der Waals surface area contributed by atoms with E-state index in [-0.39, 0.29) is 5.78 Å². The fourth-order valence-electron chi connectivity index (χ4n) is 1.50. The summed E-state index contributed by atoms with van der Waals surface area (Å²) in [4.78, 5) is 11.3. The molecule has 0 atom stereocenters. The topological polar surface area (TPSA) is 17.1 Å². The molecular formula is C15H20O. The van der Waals surface area contributed by atoms with Gasteiger partial charge in [-0.1, -0.05) is 36.5 Å². The second-order valence-corrected chi connectivity index (χ2v) is 3.88. The molecule has 0 aromatic carbocycles. The van der Waals surface area contributed by atoms with E-state index in [9.17, 15) is 4.79 Å². The Labute approximate surface area is 98.2 Å². The quantitative estimate of drug-likeness (QED) is 0.556. The number of carbonyl (C=O) groups is 1. The van der Waals surface area contributed by atoms with E-state index in [4.69, 9.17) is 0 Å². The molecule has 0 amide bonds. The Bertz CT molecular complexity index is 275. The largest absolute Gasteiger partial charge is 0.290 e. The predicted octanol–water partition coefficient (Wildman–Crippen LogP) is 4.13. The first kappa shape index (κ1) is 12.7. The SMILES string of the molecule is O=C1C=CCCC=CCCC=CCCC=C1. The van der Waals surface area contributed by atoms with Crippen molar-refractivity contribution in [2.45, 2.75) is 38.5 Å². The molecule has 1 aliphatic carbocycles. The number of allylic oxidation sites excluding steroid dienone is 8. The van der Waals surface area contributed by atoms with Crippen molar-refractivity contribution in [1.82, 2.24) is 0 Å². The second kappa shape index (κ2) is 8.90. The maximum Gasteiger partial charge on any atom is 0.177 e. The van der Waals surface area contributed by atoms with Gasteiger partial charge in [-0.2, -0.15) is 0 Å². The molecule has 0 saturated carbocycles. The van der Waals surface area contributed by atoms with E-state index < -0.39 is 0 Å². The van der Waals surface area contributed by atoms with Crippen LogP contribution in [-0.2, 0) is 4.79 Å². The van der Waals surface area contributed by atoms with Crippen LogP contribution in [-0.4, -0.2) is 5.78 Å². The summed E-state index contributed by atoms with van der Waals surface area (Å²) in [6, 6.07) is 0. The predicted molar refractivity (Wildman–Crippen MR) is 69.3 cm³/mol. The number of ketones is 1. The van der Waals surface area contributed by atoms with Crippen LogP contribution in [0.1, 0.15) is 38.5 Å². The highest BCUT2D eigenvalue weighted by Gasteiger charge is 1.88. The van der Waals surface area contributed by atoms with Gasteiger partial charge in [0, 0.05) is 0 Å². The lowest BCUT2D eigenvalue weighted by molar-refractivity contribution is -0.110. The zero-order chi connectivity index (χ0) is 11.5. The minimum atomic E-state index is 0.0998. The molecule has 0 spiro atoms. The molecule has 0 unspecified atom stereocenters. The van der Waals surface area contributed by atoms with Crippen LogP contribution in [0.15, 0.2) is 48.6 Å². The summed E-state index contributed by atoms with van der Waals surface area (Å²) in [6.45, 7) is 0. The minimum Gasteiger partial charge on any atom is -0.290 e. The molecule has 0 N–H and O–H groups in total. The molecule has 0 fully saturated rings. The van der Waals surface area contributed by atoms with Crippen molar-refractivity contribution < 1.29 is 4.79 Å². The van der Waals surface area contributed by atoms with E-state index in [2.05, 4.69) is 24.3 Å². The van der Waals surface area contributed by atoms with Crippen LogP contribution in [0, 0.1) is 0 Å². The van der Waals surface area contributed by atoms with Gasteiger partial charge in [0.05, 0.1) is 0 Å². The van der Waals surface area contributed by atoms with Crippen molar-refractivity contribution in [3.05, 3.63) is 48.6 Å². The fourth-order valence-corrected chi connectivity index (χ4v) is 1.50. The summed E-state index contributed by atoms with van der Waals surface area (Å²) >= 11 is 0. The van der Waals surface area contributed by atoms with Gasteiger partial charge in [0.2, 0.25) is 0 Å². The monoisotopic (exact) mass is 216 g/mol. The zero-order valence-electron chi connectivity index (χ0n) is 9.77. The molecule has 0 radical (unpaired) electrons. The van der Waals surface area contributed by atoms with Gasteiger partial charge in [-0.25, -0.2) is 0 Å². The van der Waals surface area contributed by atoms with Crippen molar-refractivity contribution in [3.63, 3.8) is 0 Å². The average molecular weight is 216 g/mol. The third-order valence-corrected chi connectivity index (χ3v) is 2.40. The molecule has 0 bridgehead atoms. The second-order valence-electron chi connectivity index (χ2n) is 3.88. The first-order valence-electron chi connectivity index (χ1n) is 6.06. The molecule has 86 valence electrons. The summed E-state index contributed by atoms with van der Waals surface area (Å²) in [5, 5.41) is 0.